The molecule has 0 unspecified atom stereocenters. The fraction of sp³-hybridized carbons (Fsp3) is 0.667. The molecule has 2 rings (SSSR count). The maximum atomic E-state index is 11.8. The zero-order chi connectivity index (χ0) is 12.1. The standard InChI is InChI=1S/C12H19N3OS.2ClH/c1-9-15-10(8-17-9)5-7-14-12(16)11-4-2-3-6-13-11;;/h8,11,13H,2-7H2,1H3,(H,14,16);2*1H/t11-;;/m1../s1. The van der Waals surface area contributed by atoms with E-state index < -0.39 is 0 Å². The molecule has 0 spiro atoms. The van der Waals surface area contributed by atoms with Gasteiger partial charge in [0.1, 0.15) is 0 Å². The normalized spacial score (nSPS) is 18.1. The van der Waals surface area contributed by atoms with E-state index in [0.717, 1.165) is 36.5 Å². The fourth-order valence-corrected chi connectivity index (χ4v) is 2.68. The molecule has 0 bridgehead atoms. The van der Waals surface area contributed by atoms with Gasteiger partial charge >= 0.3 is 0 Å². The maximum absolute atomic E-state index is 11.8. The van der Waals surface area contributed by atoms with E-state index in [0.29, 0.717) is 6.54 Å². The van der Waals surface area contributed by atoms with Gasteiger partial charge in [-0.15, -0.1) is 36.2 Å². The van der Waals surface area contributed by atoms with Gasteiger partial charge in [-0.2, -0.15) is 0 Å². The van der Waals surface area contributed by atoms with Crippen LogP contribution in [0.4, 0.5) is 0 Å². The number of amides is 1. The highest BCUT2D eigenvalue weighted by atomic mass is 35.5. The number of nitrogens with zero attached hydrogens (tertiary/aromatic N) is 1. The lowest BCUT2D eigenvalue weighted by Gasteiger charge is -2.22. The van der Waals surface area contributed by atoms with E-state index in [9.17, 15) is 4.79 Å². The van der Waals surface area contributed by atoms with E-state index in [1.165, 1.54) is 6.42 Å². The summed E-state index contributed by atoms with van der Waals surface area (Å²) in [4.78, 5) is 16.2. The number of hydrogen-bond donors (Lipinski definition) is 2. The van der Waals surface area contributed by atoms with Crippen molar-refractivity contribution in [2.24, 2.45) is 0 Å². The molecule has 1 aromatic heterocycles. The van der Waals surface area contributed by atoms with Gasteiger partial charge in [0.25, 0.3) is 0 Å². The Morgan fingerprint density at radius 2 is 2.32 bits per heavy atom. The summed E-state index contributed by atoms with van der Waals surface area (Å²) in [7, 11) is 0. The summed E-state index contributed by atoms with van der Waals surface area (Å²) in [5.74, 6) is 0.136. The molecule has 1 saturated heterocycles. The van der Waals surface area contributed by atoms with Crippen LogP contribution in [0, 0.1) is 6.92 Å². The second-order valence-electron chi connectivity index (χ2n) is 4.40. The van der Waals surface area contributed by atoms with E-state index >= 15 is 0 Å². The number of rotatable bonds is 4. The first-order valence-corrected chi connectivity index (χ1v) is 7.06. The molecule has 1 atom stereocenters. The van der Waals surface area contributed by atoms with E-state index in [1.54, 1.807) is 11.3 Å². The molecule has 4 nitrogen and oxygen atoms in total. The second-order valence-corrected chi connectivity index (χ2v) is 5.46. The van der Waals surface area contributed by atoms with E-state index in [2.05, 4.69) is 21.0 Å². The van der Waals surface area contributed by atoms with Crippen LogP contribution < -0.4 is 10.6 Å². The molecule has 19 heavy (non-hydrogen) atoms. The highest BCUT2D eigenvalue weighted by Crippen LogP contribution is 2.08. The average molecular weight is 326 g/mol. The lowest BCUT2D eigenvalue weighted by Crippen LogP contribution is -2.47. The topological polar surface area (TPSA) is 54.0 Å². The van der Waals surface area contributed by atoms with Crippen molar-refractivity contribution in [1.29, 1.82) is 0 Å². The molecule has 1 fully saturated rings. The third-order valence-corrected chi connectivity index (χ3v) is 3.80. The third kappa shape index (κ3) is 6.08. The SMILES string of the molecule is Cc1nc(CCNC(=O)[C@H]2CCCCN2)cs1.Cl.Cl. The first kappa shape index (κ1) is 18.6. The number of hydrogen-bond acceptors (Lipinski definition) is 4. The number of carbonyl (C=O) groups is 1. The minimum absolute atomic E-state index is 0. The zero-order valence-electron chi connectivity index (χ0n) is 11.0. The number of nitrogens with one attached hydrogen (secondary N) is 2. The predicted molar refractivity (Wildman–Crippen MR) is 83.7 cm³/mol. The van der Waals surface area contributed by atoms with Crippen molar-refractivity contribution in [3.05, 3.63) is 16.1 Å². The van der Waals surface area contributed by atoms with Crippen molar-refractivity contribution in [3.63, 3.8) is 0 Å². The first-order valence-electron chi connectivity index (χ1n) is 6.18. The molecule has 0 aliphatic carbocycles. The van der Waals surface area contributed by atoms with Crippen LogP contribution >= 0.6 is 36.2 Å². The lowest BCUT2D eigenvalue weighted by atomic mass is 10.0. The zero-order valence-corrected chi connectivity index (χ0v) is 13.4. The Morgan fingerprint density at radius 3 is 2.89 bits per heavy atom. The van der Waals surface area contributed by atoms with Gasteiger partial charge in [0.05, 0.1) is 16.7 Å². The summed E-state index contributed by atoms with van der Waals surface area (Å²) in [6.45, 7) is 3.64. The van der Waals surface area contributed by atoms with Gasteiger partial charge in [-0.25, -0.2) is 4.98 Å². The monoisotopic (exact) mass is 325 g/mol. The van der Waals surface area contributed by atoms with Gasteiger partial charge in [-0.3, -0.25) is 4.79 Å². The third-order valence-electron chi connectivity index (χ3n) is 2.97. The van der Waals surface area contributed by atoms with E-state index in [-0.39, 0.29) is 36.8 Å². The molecule has 0 saturated carbocycles. The van der Waals surface area contributed by atoms with Crippen LogP contribution in [0.1, 0.15) is 30.0 Å². The van der Waals surface area contributed by atoms with Crippen molar-refractivity contribution in [2.45, 2.75) is 38.6 Å². The number of aromatic nitrogens is 1. The van der Waals surface area contributed by atoms with E-state index in [1.807, 2.05) is 6.92 Å². The van der Waals surface area contributed by atoms with Gasteiger partial charge in [0.15, 0.2) is 0 Å². The Morgan fingerprint density at radius 1 is 1.53 bits per heavy atom. The molecule has 0 aromatic carbocycles. The molecular weight excluding hydrogens is 305 g/mol. The van der Waals surface area contributed by atoms with Crippen LogP contribution in [0.15, 0.2) is 5.38 Å². The Bertz CT molecular complexity index is 381. The minimum atomic E-state index is 0. The van der Waals surface area contributed by atoms with Gasteiger partial charge in [0.2, 0.25) is 5.91 Å². The molecular formula is C12H21Cl2N3OS. The van der Waals surface area contributed by atoms with Crippen LogP contribution in [-0.4, -0.2) is 30.0 Å². The van der Waals surface area contributed by atoms with Crippen LogP contribution in [0.3, 0.4) is 0 Å². The quantitative estimate of drug-likeness (QED) is 0.891. The van der Waals surface area contributed by atoms with Gasteiger partial charge in [-0.1, -0.05) is 6.42 Å². The van der Waals surface area contributed by atoms with Crippen molar-refractivity contribution in [3.8, 4) is 0 Å². The second kappa shape index (κ2) is 9.53. The summed E-state index contributed by atoms with van der Waals surface area (Å²) in [6.07, 6.45) is 4.11. The van der Waals surface area contributed by atoms with Crippen molar-refractivity contribution < 1.29 is 4.79 Å². The molecule has 1 aromatic rings. The van der Waals surface area contributed by atoms with Crippen molar-refractivity contribution in [1.82, 2.24) is 15.6 Å². The Kier molecular flexibility index (Phi) is 9.35. The summed E-state index contributed by atoms with van der Waals surface area (Å²) in [5, 5.41) is 9.36. The Labute approximate surface area is 130 Å². The van der Waals surface area contributed by atoms with Crippen LogP contribution in [0.2, 0.25) is 0 Å². The molecule has 2 N–H and O–H groups in total. The molecule has 1 aliphatic heterocycles. The number of piperidine rings is 1. The average Bonchev–Trinajstić information content (AvgIpc) is 2.76. The first-order chi connectivity index (χ1) is 8.25. The van der Waals surface area contributed by atoms with Gasteiger partial charge in [-0.05, 0) is 26.3 Å². The van der Waals surface area contributed by atoms with Crippen molar-refractivity contribution in [2.75, 3.05) is 13.1 Å². The summed E-state index contributed by atoms with van der Waals surface area (Å²) < 4.78 is 0. The smallest absolute Gasteiger partial charge is 0.237 e. The maximum Gasteiger partial charge on any atom is 0.237 e. The summed E-state index contributed by atoms with van der Waals surface area (Å²) >= 11 is 1.66. The fourth-order valence-electron chi connectivity index (χ4n) is 2.04. The summed E-state index contributed by atoms with van der Waals surface area (Å²) in [6, 6.07) is 0.0147. The molecule has 1 aliphatic rings. The highest BCUT2D eigenvalue weighted by Gasteiger charge is 2.19. The Hall–Kier alpha value is -0.360. The molecule has 1 amide bonds. The van der Waals surface area contributed by atoms with Crippen molar-refractivity contribution >= 4 is 42.1 Å². The van der Waals surface area contributed by atoms with Gasteiger partial charge in [0, 0.05) is 18.3 Å². The number of aryl methyl sites for hydroxylation is 1. The van der Waals surface area contributed by atoms with Crippen LogP contribution in [0.5, 0.6) is 0 Å². The molecule has 2 heterocycles. The molecule has 0 radical (unpaired) electrons. The molecule has 7 heteroatoms. The Balaban J connectivity index is 0.00000162. The lowest BCUT2D eigenvalue weighted by molar-refractivity contribution is -0.123. The largest absolute Gasteiger partial charge is 0.354 e. The van der Waals surface area contributed by atoms with E-state index in [4.69, 9.17) is 0 Å². The van der Waals surface area contributed by atoms with Crippen LogP contribution in [0.25, 0.3) is 0 Å². The minimum Gasteiger partial charge on any atom is -0.354 e. The highest BCUT2D eigenvalue weighted by molar-refractivity contribution is 7.09. The number of halogens is 2. The summed E-state index contributed by atoms with van der Waals surface area (Å²) in [5.41, 5.74) is 1.07. The number of carbonyl (C=O) groups excluding carboxylic acids is 1. The molecule has 110 valence electrons. The number of thiazole rings is 1. The predicted octanol–water partition coefficient (Wildman–Crippen LogP) is 2.10. The van der Waals surface area contributed by atoms with Crippen LogP contribution in [-0.2, 0) is 11.2 Å². The van der Waals surface area contributed by atoms with Gasteiger partial charge < -0.3 is 10.6 Å².